The van der Waals surface area contributed by atoms with E-state index in [1.54, 1.807) is 6.07 Å². The number of hydrogen-bond donors (Lipinski definition) is 1. The molecule has 0 fully saturated rings. The van der Waals surface area contributed by atoms with Gasteiger partial charge in [-0.2, -0.15) is 4.98 Å². The highest BCUT2D eigenvalue weighted by Crippen LogP contribution is 2.27. The number of rotatable bonds is 3. The molecule has 0 aliphatic rings. The van der Waals surface area contributed by atoms with Crippen LogP contribution in [-0.4, -0.2) is 16.2 Å². The molecule has 0 aliphatic carbocycles. The number of aromatic nitrogens is 2. The molecule has 1 aromatic carbocycles. The SMILES string of the molecule is CC(C)Nc1nc(-c2ccc(F)cc2Br)no1. The fourth-order valence-electron chi connectivity index (χ4n) is 1.31. The number of nitrogens with zero attached hydrogens (tertiary/aromatic N) is 2. The molecule has 6 heteroatoms. The molecule has 2 rings (SSSR count). The Morgan fingerprint density at radius 2 is 2.18 bits per heavy atom. The Bertz CT molecular complexity index is 527. The normalized spacial score (nSPS) is 10.9. The Hall–Kier alpha value is -1.43. The first-order valence-electron chi connectivity index (χ1n) is 5.12. The lowest BCUT2D eigenvalue weighted by Gasteiger charge is -2.02. The molecule has 90 valence electrons. The summed E-state index contributed by atoms with van der Waals surface area (Å²) in [5.41, 5.74) is 0.687. The van der Waals surface area contributed by atoms with Crippen LogP contribution in [0, 0.1) is 5.82 Å². The molecule has 0 spiro atoms. The Morgan fingerprint density at radius 1 is 1.41 bits per heavy atom. The number of anilines is 1. The van der Waals surface area contributed by atoms with E-state index in [1.807, 2.05) is 13.8 Å². The zero-order valence-electron chi connectivity index (χ0n) is 9.37. The number of halogens is 2. The summed E-state index contributed by atoms with van der Waals surface area (Å²) in [6, 6.07) is 4.88. The van der Waals surface area contributed by atoms with Gasteiger partial charge in [-0.3, -0.25) is 0 Å². The molecule has 2 aromatic rings. The quantitative estimate of drug-likeness (QED) is 0.943. The zero-order valence-corrected chi connectivity index (χ0v) is 11.0. The van der Waals surface area contributed by atoms with Crippen LogP contribution in [0.2, 0.25) is 0 Å². The highest BCUT2D eigenvalue weighted by Gasteiger charge is 2.12. The third-order valence-corrected chi connectivity index (χ3v) is 2.67. The van der Waals surface area contributed by atoms with E-state index in [4.69, 9.17) is 4.52 Å². The Labute approximate surface area is 106 Å². The molecule has 1 heterocycles. The number of benzene rings is 1. The molecule has 4 nitrogen and oxygen atoms in total. The molecule has 0 unspecified atom stereocenters. The van der Waals surface area contributed by atoms with Crippen LogP contribution in [0.5, 0.6) is 0 Å². The van der Waals surface area contributed by atoms with E-state index in [-0.39, 0.29) is 11.9 Å². The number of hydrogen-bond acceptors (Lipinski definition) is 4. The van der Waals surface area contributed by atoms with Gasteiger partial charge in [-0.1, -0.05) is 5.16 Å². The van der Waals surface area contributed by atoms with Gasteiger partial charge < -0.3 is 9.84 Å². The Balaban J connectivity index is 2.30. The first-order chi connectivity index (χ1) is 8.06. The Morgan fingerprint density at radius 3 is 2.82 bits per heavy atom. The van der Waals surface area contributed by atoms with Crippen molar-refractivity contribution in [3.63, 3.8) is 0 Å². The van der Waals surface area contributed by atoms with Crippen LogP contribution in [-0.2, 0) is 0 Å². The summed E-state index contributed by atoms with van der Waals surface area (Å²) in [5, 5.41) is 6.83. The second-order valence-electron chi connectivity index (χ2n) is 3.85. The summed E-state index contributed by atoms with van der Waals surface area (Å²) in [7, 11) is 0. The van der Waals surface area contributed by atoms with E-state index in [0.29, 0.717) is 21.9 Å². The highest BCUT2D eigenvalue weighted by atomic mass is 79.9. The predicted molar refractivity (Wildman–Crippen MR) is 66.2 cm³/mol. The summed E-state index contributed by atoms with van der Waals surface area (Å²) in [4.78, 5) is 4.17. The molecule has 0 atom stereocenters. The average molecular weight is 300 g/mol. The van der Waals surface area contributed by atoms with Crippen molar-refractivity contribution in [2.24, 2.45) is 0 Å². The van der Waals surface area contributed by atoms with Crippen LogP contribution in [0.25, 0.3) is 11.4 Å². The molecular weight excluding hydrogens is 289 g/mol. The van der Waals surface area contributed by atoms with E-state index in [2.05, 4.69) is 31.4 Å². The van der Waals surface area contributed by atoms with E-state index in [0.717, 1.165) is 0 Å². The summed E-state index contributed by atoms with van der Waals surface area (Å²) in [6.07, 6.45) is 0. The predicted octanol–water partition coefficient (Wildman–Crippen LogP) is 3.46. The highest BCUT2D eigenvalue weighted by molar-refractivity contribution is 9.10. The molecule has 0 saturated heterocycles. The van der Waals surface area contributed by atoms with Crippen molar-refractivity contribution in [2.45, 2.75) is 19.9 Å². The topological polar surface area (TPSA) is 51.0 Å². The standard InChI is InChI=1S/C11H11BrFN3O/c1-6(2)14-11-15-10(16-17-11)8-4-3-7(13)5-9(8)12/h3-6H,1-2H3,(H,14,15,16). The minimum absolute atomic E-state index is 0.208. The average Bonchev–Trinajstić information content (AvgIpc) is 2.65. The smallest absolute Gasteiger partial charge is 0.321 e. The second kappa shape index (κ2) is 4.83. The maximum absolute atomic E-state index is 12.9. The second-order valence-corrected chi connectivity index (χ2v) is 4.70. The van der Waals surface area contributed by atoms with Crippen LogP contribution in [0.3, 0.4) is 0 Å². The van der Waals surface area contributed by atoms with Gasteiger partial charge in [-0.15, -0.1) is 0 Å². The van der Waals surface area contributed by atoms with Crippen LogP contribution in [0.15, 0.2) is 27.2 Å². The minimum atomic E-state index is -0.315. The van der Waals surface area contributed by atoms with Gasteiger partial charge in [-0.05, 0) is 48.0 Å². The van der Waals surface area contributed by atoms with Gasteiger partial charge >= 0.3 is 6.01 Å². The molecule has 0 radical (unpaired) electrons. The monoisotopic (exact) mass is 299 g/mol. The van der Waals surface area contributed by atoms with Gasteiger partial charge in [0, 0.05) is 16.1 Å². The van der Waals surface area contributed by atoms with E-state index < -0.39 is 0 Å². The maximum atomic E-state index is 12.9. The van der Waals surface area contributed by atoms with Crippen LogP contribution < -0.4 is 5.32 Å². The first-order valence-corrected chi connectivity index (χ1v) is 5.91. The van der Waals surface area contributed by atoms with Crippen molar-refractivity contribution < 1.29 is 8.91 Å². The van der Waals surface area contributed by atoms with Crippen LogP contribution >= 0.6 is 15.9 Å². The molecule has 0 aliphatic heterocycles. The zero-order chi connectivity index (χ0) is 12.4. The fourth-order valence-corrected chi connectivity index (χ4v) is 1.84. The fraction of sp³-hybridized carbons (Fsp3) is 0.273. The lowest BCUT2D eigenvalue weighted by Crippen LogP contribution is -2.09. The van der Waals surface area contributed by atoms with Gasteiger partial charge in [0.2, 0.25) is 5.82 Å². The van der Waals surface area contributed by atoms with Gasteiger partial charge in [-0.25, -0.2) is 4.39 Å². The summed E-state index contributed by atoms with van der Waals surface area (Å²) in [5.74, 6) is 0.102. The molecule has 1 N–H and O–H groups in total. The first kappa shape index (κ1) is 12.0. The van der Waals surface area contributed by atoms with E-state index in [1.165, 1.54) is 12.1 Å². The minimum Gasteiger partial charge on any atom is -0.336 e. The molecule has 1 aromatic heterocycles. The van der Waals surface area contributed by atoms with Gasteiger partial charge in [0.25, 0.3) is 0 Å². The van der Waals surface area contributed by atoms with Crippen molar-refractivity contribution in [2.75, 3.05) is 5.32 Å². The summed E-state index contributed by atoms with van der Waals surface area (Å²) < 4.78 is 18.6. The van der Waals surface area contributed by atoms with Gasteiger partial charge in [0.05, 0.1) is 0 Å². The third kappa shape index (κ3) is 2.82. The van der Waals surface area contributed by atoms with E-state index >= 15 is 0 Å². The van der Waals surface area contributed by atoms with Crippen LogP contribution in [0.4, 0.5) is 10.4 Å². The van der Waals surface area contributed by atoms with E-state index in [9.17, 15) is 4.39 Å². The lowest BCUT2D eigenvalue weighted by atomic mass is 10.2. The van der Waals surface area contributed by atoms with Crippen molar-refractivity contribution in [3.05, 3.63) is 28.5 Å². The van der Waals surface area contributed by atoms with Gasteiger partial charge in [0.15, 0.2) is 0 Å². The molecular formula is C11H11BrFN3O. The molecule has 0 saturated carbocycles. The van der Waals surface area contributed by atoms with Crippen molar-refractivity contribution in [1.29, 1.82) is 0 Å². The van der Waals surface area contributed by atoms with Crippen molar-refractivity contribution in [1.82, 2.24) is 10.1 Å². The summed E-state index contributed by atoms with van der Waals surface area (Å²) >= 11 is 3.26. The van der Waals surface area contributed by atoms with Crippen molar-refractivity contribution in [3.8, 4) is 11.4 Å². The lowest BCUT2D eigenvalue weighted by molar-refractivity contribution is 0.429. The largest absolute Gasteiger partial charge is 0.336 e. The molecule has 0 amide bonds. The molecule has 17 heavy (non-hydrogen) atoms. The van der Waals surface area contributed by atoms with Crippen LogP contribution in [0.1, 0.15) is 13.8 Å². The third-order valence-electron chi connectivity index (χ3n) is 2.01. The van der Waals surface area contributed by atoms with Crippen molar-refractivity contribution >= 4 is 21.9 Å². The Kier molecular flexibility index (Phi) is 3.42. The summed E-state index contributed by atoms with van der Waals surface area (Å²) in [6.45, 7) is 3.94. The molecule has 0 bridgehead atoms. The number of nitrogens with one attached hydrogen (secondary N) is 1. The maximum Gasteiger partial charge on any atom is 0.321 e. The van der Waals surface area contributed by atoms with Gasteiger partial charge in [0.1, 0.15) is 5.82 Å².